The maximum absolute atomic E-state index is 12.1. The molecule has 114 valence electrons. The molecule has 0 saturated heterocycles. The molecule has 6 heteroatoms. The van der Waals surface area contributed by atoms with Crippen molar-refractivity contribution in [1.29, 1.82) is 0 Å². The van der Waals surface area contributed by atoms with Gasteiger partial charge >= 0.3 is 0 Å². The van der Waals surface area contributed by atoms with Gasteiger partial charge in [-0.05, 0) is 59.5 Å². The second-order valence-corrected chi connectivity index (χ2v) is 7.15. The number of thiophene rings is 1. The monoisotopic (exact) mass is 325 g/mol. The molecule has 0 aliphatic rings. The van der Waals surface area contributed by atoms with Crippen LogP contribution in [0.1, 0.15) is 18.9 Å². The van der Waals surface area contributed by atoms with Crippen molar-refractivity contribution in [1.82, 2.24) is 4.72 Å². The molecule has 0 aliphatic carbocycles. The van der Waals surface area contributed by atoms with Gasteiger partial charge in [-0.25, -0.2) is 13.1 Å². The van der Waals surface area contributed by atoms with Crippen molar-refractivity contribution in [2.75, 3.05) is 13.2 Å². The van der Waals surface area contributed by atoms with Crippen LogP contribution in [0.5, 0.6) is 5.75 Å². The zero-order valence-electron chi connectivity index (χ0n) is 11.9. The molecule has 0 unspecified atom stereocenters. The summed E-state index contributed by atoms with van der Waals surface area (Å²) in [5.41, 5.74) is 1.14. The van der Waals surface area contributed by atoms with Crippen LogP contribution in [0.25, 0.3) is 0 Å². The topological polar surface area (TPSA) is 55.4 Å². The van der Waals surface area contributed by atoms with E-state index in [0.29, 0.717) is 25.3 Å². The van der Waals surface area contributed by atoms with Crippen LogP contribution < -0.4 is 9.46 Å². The number of benzene rings is 1. The van der Waals surface area contributed by atoms with Gasteiger partial charge in [0.15, 0.2) is 0 Å². The Hall–Kier alpha value is -1.37. The van der Waals surface area contributed by atoms with Gasteiger partial charge in [0, 0.05) is 6.54 Å². The quantitative estimate of drug-likeness (QED) is 0.811. The van der Waals surface area contributed by atoms with Crippen LogP contribution in [-0.4, -0.2) is 21.6 Å². The molecule has 0 radical (unpaired) electrons. The summed E-state index contributed by atoms with van der Waals surface area (Å²) < 4.78 is 32.3. The summed E-state index contributed by atoms with van der Waals surface area (Å²) in [6, 6.07) is 8.50. The first-order valence-corrected chi connectivity index (χ1v) is 9.28. The van der Waals surface area contributed by atoms with Crippen molar-refractivity contribution in [3.05, 3.63) is 46.7 Å². The van der Waals surface area contributed by atoms with Crippen LogP contribution in [0.3, 0.4) is 0 Å². The Kier molecular flexibility index (Phi) is 5.78. The van der Waals surface area contributed by atoms with Crippen molar-refractivity contribution < 1.29 is 13.2 Å². The SMILES string of the molecule is CCCOc1ccc(S(=O)(=O)NCCc2ccsc2)cc1. The van der Waals surface area contributed by atoms with Crippen molar-refractivity contribution in [3.8, 4) is 5.75 Å². The van der Waals surface area contributed by atoms with E-state index in [4.69, 9.17) is 4.74 Å². The molecule has 0 amide bonds. The second kappa shape index (κ2) is 7.59. The van der Waals surface area contributed by atoms with Gasteiger partial charge in [0.05, 0.1) is 11.5 Å². The summed E-state index contributed by atoms with van der Waals surface area (Å²) in [5.74, 6) is 0.689. The van der Waals surface area contributed by atoms with E-state index in [9.17, 15) is 8.42 Å². The highest BCUT2D eigenvalue weighted by Crippen LogP contribution is 2.16. The standard InChI is InChI=1S/C15H19NO3S2/c1-2-10-19-14-3-5-15(6-4-14)21(17,18)16-9-7-13-8-11-20-12-13/h3-6,8,11-12,16H,2,7,9-10H2,1H3. The molecule has 0 fully saturated rings. The highest BCUT2D eigenvalue weighted by Gasteiger charge is 2.13. The number of nitrogens with one attached hydrogen (secondary N) is 1. The number of hydrogen-bond acceptors (Lipinski definition) is 4. The Bertz CT molecular complexity index is 634. The normalized spacial score (nSPS) is 11.5. The molecule has 21 heavy (non-hydrogen) atoms. The average molecular weight is 325 g/mol. The molecule has 4 nitrogen and oxygen atoms in total. The summed E-state index contributed by atoms with van der Waals surface area (Å²) in [4.78, 5) is 0.261. The molecule has 0 saturated carbocycles. The molecule has 2 rings (SSSR count). The van der Waals surface area contributed by atoms with Gasteiger partial charge in [-0.15, -0.1) is 0 Å². The molecule has 1 N–H and O–H groups in total. The van der Waals surface area contributed by atoms with Crippen LogP contribution in [0.15, 0.2) is 46.0 Å². The highest BCUT2D eigenvalue weighted by atomic mass is 32.2. The van der Waals surface area contributed by atoms with Crippen molar-refractivity contribution >= 4 is 21.4 Å². The number of hydrogen-bond donors (Lipinski definition) is 1. The van der Waals surface area contributed by atoms with Gasteiger partial charge in [0.1, 0.15) is 5.75 Å². The van der Waals surface area contributed by atoms with E-state index in [1.807, 2.05) is 23.8 Å². The summed E-state index contributed by atoms with van der Waals surface area (Å²) >= 11 is 1.61. The Morgan fingerprint density at radius 3 is 2.57 bits per heavy atom. The van der Waals surface area contributed by atoms with E-state index in [2.05, 4.69) is 4.72 Å². The first-order valence-electron chi connectivity index (χ1n) is 6.85. The fraction of sp³-hybridized carbons (Fsp3) is 0.333. The molecular weight excluding hydrogens is 306 g/mol. The first kappa shape index (κ1) is 16.0. The molecule has 0 atom stereocenters. The lowest BCUT2D eigenvalue weighted by Gasteiger charge is -2.08. The number of ether oxygens (including phenoxy) is 1. The summed E-state index contributed by atoms with van der Waals surface area (Å²) in [6.07, 6.45) is 1.62. The summed E-state index contributed by atoms with van der Waals surface area (Å²) in [6.45, 7) is 3.05. The molecule has 1 aromatic heterocycles. The van der Waals surface area contributed by atoms with Gasteiger partial charge in [-0.3, -0.25) is 0 Å². The van der Waals surface area contributed by atoms with Crippen LogP contribution >= 0.6 is 11.3 Å². The molecule has 1 heterocycles. The van der Waals surface area contributed by atoms with Gasteiger partial charge in [-0.2, -0.15) is 11.3 Å². The van der Waals surface area contributed by atoms with Crippen LogP contribution in [0.4, 0.5) is 0 Å². The molecule has 0 bridgehead atoms. The van der Waals surface area contributed by atoms with E-state index >= 15 is 0 Å². The van der Waals surface area contributed by atoms with E-state index in [0.717, 1.165) is 12.0 Å². The maximum atomic E-state index is 12.1. The van der Waals surface area contributed by atoms with E-state index in [1.165, 1.54) is 0 Å². The minimum atomic E-state index is -3.45. The van der Waals surface area contributed by atoms with Crippen LogP contribution in [0.2, 0.25) is 0 Å². The number of sulfonamides is 1. The third-order valence-electron chi connectivity index (χ3n) is 2.89. The lowest BCUT2D eigenvalue weighted by atomic mass is 10.2. The van der Waals surface area contributed by atoms with Gasteiger partial charge in [0.25, 0.3) is 0 Å². The largest absolute Gasteiger partial charge is 0.494 e. The van der Waals surface area contributed by atoms with Gasteiger partial charge in [-0.1, -0.05) is 6.92 Å². The zero-order valence-corrected chi connectivity index (χ0v) is 13.5. The predicted octanol–water partition coefficient (Wildman–Crippen LogP) is 3.06. The fourth-order valence-corrected chi connectivity index (χ4v) is 3.52. The van der Waals surface area contributed by atoms with Crippen molar-refractivity contribution in [2.45, 2.75) is 24.7 Å². The van der Waals surface area contributed by atoms with E-state index in [1.54, 1.807) is 35.6 Å². The Morgan fingerprint density at radius 1 is 1.19 bits per heavy atom. The minimum absolute atomic E-state index is 0.261. The second-order valence-electron chi connectivity index (χ2n) is 4.60. The van der Waals surface area contributed by atoms with Crippen molar-refractivity contribution in [3.63, 3.8) is 0 Å². The number of rotatable bonds is 8. The zero-order chi connectivity index (χ0) is 15.1. The molecule has 1 aromatic carbocycles. The molecule has 0 aliphatic heterocycles. The Labute approximate surface area is 129 Å². The fourth-order valence-electron chi connectivity index (χ4n) is 1.78. The smallest absolute Gasteiger partial charge is 0.240 e. The van der Waals surface area contributed by atoms with Crippen LogP contribution in [-0.2, 0) is 16.4 Å². The summed E-state index contributed by atoms with van der Waals surface area (Å²) in [5, 5.41) is 4.01. The Morgan fingerprint density at radius 2 is 1.95 bits per heavy atom. The third-order valence-corrected chi connectivity index (χ3v) is 5.10. The maximum Gasteiger partial charge on any atom is 0.240 e. The highest BCUT2D eigenvalue weighted by molar-refractivity contribution is 7.89. The lowest BCUT2D eigenvalue weighted by molar-refractivity contribution is 0.317. The van der Waals surface area contributed by atoms with Crippen LogP contribution in [0, 0.1) is 0 Å². The van der Waals surface area contributed by atoms with E-state index in [-0.39, 0.29) is 4.90 Å². The first-order chi connectivity index (χ1) is 10.1. The van der Waals surface area contributed by atoms with Gasteiger partial charge in [0.2, 0.25) is 10.0 Å². The van der Waals surface area contributed by atoms with Gasteiger partial charge < -0.3 is 4.74 Å². The Balaban J connectivity index is 1.92. The minimum Gasteiger partial charge on any atom is -0.494 e. The molecule has 0 spiro atoms. The summed E-state index contributed by atoms with van der Waals surface area (Å²) in [7, 11) is -3.45. The van der Waals surface area contributed by atoms with E-state index < -0.39 is 10.0 Å². The lowest BCUT2D eigenvalue weighted by Crippen LogP contribution is -2.25. The average Bonchev–Trinajstić information content (AvgIpc) is 2.98. The molecular formula is C15H19NO3S2. The predicted molar refractivity (Wildman–Crippen MR) is 85.4 cm³/mol. The van der Waals surface area contributed by atoms with Crippen molar-refractivity contribution in [2.24, 2.45) is 0 Å². The molecule has 2 aromatic rings. The third kappa shape index (κ3) is 4.84.